The summed E-state index contributed by atoms with van der Waals surface area (Å²) < 4.78 is 10.2. The molecule has 0 spiro atoms. The van der Waals surface area contributed by atoms with Gasteiger partial charge in [0.15, 0.2) is 0 Å². The third kappa shape index (κ3) is 4.82. The third-order valence-corrected chi connectivity index (χ3v) is 6.01. The lowest BCUT2D eigenvalue weighted by Crippen LogP contribution is -2.58. The van der Waals surface area contributed by atoms with E-state index in [2.05, 4.69) is 26.1 Å². The summed E-state index contributed by atoms with van der Waals surface area (Å²) in [6.45, 7) is 8.54. The second-order valence-electron chi connectivity index (χ2n) is 8.70. The molecule has 2 rings (SSSR count). The van der Waals surface area contributed by atoms with Gasteiger partial charge in [0, 0.05) is 0 Å². The molecule has 1 fully saturated rings. The maximum Gasteiger partial charge on any atom is 0.331 e. The van der Waals surface area contributed by atoms with Crippen molar-refractivity contribution in [2.24, 2.45) is 11.3 Å². The molecule has 0 aromatic heterocycles. The van der Waals surface area contributed by atoms with E-state index in [0.29, 0.717) is 18.8 Å². The molecule has 150 valence electrons. The highest BCUT2D eigenvalue weighted by Crippen LogP contribution is 2.42. The summed E-state index contributed by atoms with van der Waals surface area (Å²) in [5.74, 6) is 0.423. The van der Waals surface area contributed by atoms with Gasteiger partial charge in [-0.3, -0.25) is 4.79 Å². The number of hydrogen-bond acceptors (Lipinski definition) is 4. The number of carbonyl (C=O) groups excluding carboxylic acids is 2. The number of carbonyl (C=O) groups is 2. The summed E-state index contributed by atoms with van der Waals surface area (Å²) in [5, 5.41) is 3.04. The van der Waals surface area contributed by atoms with Gasteiger partial charge in [0.25, 0.3) is 0 Å². The lowest BCUT2D eigenvalue weighted by molar-refractivity contribution is -0.153. The monoisotopic (exact) mass is 375 g/mol. The minimum Gasteiger partial charge on any atom is -0.497 e. The highest BCUT2D eigenvalue weighted by atomic mass is 16.5. The molecule has 0 radical (unpaired) electrons. The molecule has 1 aromatic rings. The molecule has 1 atom stereocenters. The zero-order valence-electron chi connectivity index (χ0n) is 17.4. The molecule has 1 saturated carbocycles. The van der Waals surface area contributed by atoms with E-state index in [9.17, 15) is 9.59 Å². The maximum absolute atomic E-state index is 12.9. The second-order valence-corrected chi connectivity index (χ2v) is 8.70. The van der Waals surface area contributed by atoms with Gasteiger partial charge < -0.3 is 14.8 Å². The van der Waals surface area contributed by atoms with E-state index in [1.807, 2.05) is 31.2 Å². The van der Waals surface area contributed by atoms with Crippen LogP contribution in [0.4, 0.5) is 0 Å². The minimum atomic E-state index is -0.922. The van der Waals surface area contributed by atoms with Crippen LogP contribution in [0.5, 0.6) is 5.75 Å². The predicted octanol–water partition coefficient (Wildman–Crippen LogP) is 4.06. The van der Waals surface area contributed by atoms with Gasteiger partial charge >= 0.3 is 5.97 Å². The van der Waals surface area contributed by atoms with Crippen LogP contribution in [0, 0.1) is 11.3 Å². The molecular formula is C22H33NO4. The Labute approximate surface area is 162 Å². The quantitative estimate of drug-likeness (QED) is 0.788. The van der Waals surface area contributed by atoms with E-state index in [4.69, 9.17) is 9.47 Å². The second kappa shape index (κ2) is 8.32. The molecule has 0 bridgehead atoms. The average Bonchev–Trinajstić information content (AvgIpc) is 2.66. The van der Waals surface area contributed by atoms with Gasteiger partial charge in [0.05, 0.1) is 20.1 Å². The summed E-state index contributed by atoms with van der Waals surface area (Å²) in [7, 11) is 3.00. The summed E-state index contributed by atoms with van der Waals surface area (Å²) in [6, 6.07) is 7.43. The summed E-state index contributed by atoms with van der Waals surface area (Å²) in [6.07, 6.45) is 3.02. The van der Waals surface area contributed by atoms with E-state index >= 15 is 0 Å². The standard InChI is InChI=1S/C22H33NO4/c1-15(16-7-9-18(26-5)10-8-16)19(24)23-22(20(25)27-6)13-11-17(12-14-22)21(2,3)4/h7-10,15,17H,11-14H2,1-6H3,(H,23,24). The Kier molecular flexibility index (Phi) is 6.55. The molecule has 1 aliphatic carbocycles. The number of benzene rings is 1. The van der Waals surface area contributed by atoms with Crippen molar-refractivity contribution in [3.63, 3.8) is 0 Å². The van der Waals surface area contributed by atoms with Crippen LogP contribution in [0.15, 0.2) is 24.3 Å². The van der Waals surface area contributed by atoms with Gasteiger partial charge in [0.1, 0.15) is 11.3 Å². The number of hydrogen-bond donors (Lipinski definition) is 1. The summed E-state index contributed by atoms with van der Waals surface area (Å²) in [4.78, 5) is 25.5. The first-order valence-electron chi connectivity index (χ1n) is 9.67. The Morgan fingerprint density at radius 3 is 2.11 bits per heavy atom. The van der Waals surface area contributed by atoms with Crippen molar-refractivity contribution in [3.8, 4) is 5.75 Å². The van der Waals surface area contributed by atoms with Crippen LogP contribution in [-0.4, -0.2) is 31.6 Å². The molecule has 0 heterocycles. The molecule has 1 unspecified atom stereocenters. The molecule has 5 heteroatoms. The predicted molar refractivity (Wildman–Crippen MR) is 106 cm³/mol. The van der Waals surface area contributed by atoms with Crippen molar-refractivity contribution in [1.29, 1.82) is 0 Å². The van der Waals surface area contributed by atoms with E-state index < -0.39 is 5.54 Å². The van der Waals surface area contributed by atoms with Crippen molar-refractivity contribution in [2.75, 3.05) is 14.2 Å². The largest absolute Gasteiger partial charge is 0.497 e. The van der Waals surface area contributed by atoms with Crippen LogP contribution in [0.2, 0.25) is 0 Å². The van der Waals surface area contributed by atoms with Gasteiger partial charge in [-0.2, -0.15) is 0 Å². The number of ether oxygens (including phenoxy) is 2. The van der Waals surface area contributed by atoms with Crippen LogP contribution < -0.4 is 10.1 Å². The van der Waals surface area contributed by atoms with Crippen LogP contribution in [0.3, 0.4) is 0 Å². The summed E-state index contributed by atoms with van der Waals surface area (Å²) in [5.41, 5.74) is 0.161. The molecule has 1 N–H and O–H groups in total. The Morgan fingerprint density at radius 2 is 1.67 bits per heavy atom. The number of esters is 1. The van der Waals surface area contributed by atoms with Crippen molar-refractivity contribution < 1.29 is 19.1 Å². The fourth-order valence-electron chi connectivity index (χ4n) is 3.94. The topological polar surface area (TPSA) is 64.6 Å². The molecule has 0 saturated heterocycles. The first-order valence-corrected chi connectivity index (χ1v) is 9.67. The smallest absolute Gasteiger partial charge is 0.331 e. The van der Waals surface area contributed by atoms with Crippen LogP contribution in [-0.2, 0) is 14.3 Å². The summed E-state index contributed by atoms with van der Waals surface area (Å²) >= 11 is 0. The molecule has 27 heavy (non-hydrogen) atoms. The Hall–Kier alpha value is -2.04. The van der Waals surface area contributed by atoms with E-state index in [0.717, 1.165) is 24.2 Å². The molecule has 1 aliphatic rings. The van der Waals surface area contributed by atoms with Gasteiger partial charge in [-0.05, 0) is 61.6 Å². The van der Waals surface area contributed by atoms with E-state index in [1.165, 1.54) is 7.11 Å². The fraction of sp³-hybridized carbons (Fsp3) is 0.636. The average molecular weight is 376 g/mol. The first kappa shape index (κ1) is 21.3. The first-order chi connectivity index (χ1) is 12.6. The molecular weight excluding hydrogens is 342 g/mol. The Morgan fingerprint density at radius 1 is 1.11 bits per heavy atom. The Bertz CT molecular complexity index is 652. The maximum atomic E-state index is 12.9. The van der Waals surface area contributed by atoms with Gasteiger partial charge in [-0.25, -0.2) is 4.79 Å². The lowest BCUT2D eigenvalue weighted by Gasteiger charge is -2.43. The zero-order chi connectivity index (χ0) is 20.2. The van der Waals surface area contributed by atoms with Crippen LogP contribution >= 0.6 is 0 Å². The van der Waals surface area contributed by atoms with Crippen LogP contribution in [0.25, 0.3) is 0 Å². The molecule has 0 aliphatic heterocycles. The fourth-order valence-corrected chi connectivity index (χ4v) is 3.94. The van der Waals surface area contributed by atoms with E-state index in [1.54, 1.807) is 7.11 Å². The van der Waals surface area contributed by atoms with Gasteiger partial charge in [0.2, 0.25) is 5.91 Å². The molecule has 1 amide bonds. The third-order valence-electron chi connectivity index (χ3n) is 6.01. The SMILES string of the molecule is COC(=O)C1(NC(=O)C(C)c2ccc(OC)cc2)CCC(C(C)(C)C)CC1. The number of rotatable bonds is 5. The highest BCUT2D eigenvalue weighted by molar-refractivity contribution is 5.91. The van der Waals surface area contributed by atoms with Gasteiger partial charge in [-0.15, -0.1) is 0 Å². The van der Waals surface area contributed by atoms with E-state index in [-0.39, 0.29) is 23.2 Å². The Balaban J connectivity index is 2.13. The van der Waals surface area contributed by atoms with Crippen LogP contribution in [0.1, 0.15) is 64.9 Å². The lowest BCUT2D eigenvalue weighted by atomic mass is 9.67. The zero-order valence-corrected chi connectivity index (χ0v) is 17.4. The number of amides is 1. The van der Waals surface area contributed by atoms with Crippen molar-refractivity contribution >= 4 is 11.9 Å². The molecule has 5 nitrogen and oxygen atoms in total. The van der Waals surface area contributed by atoms with Crippen molar-refractivity contribution in [3.05, 3.63) is 29.8 Å². The number of nitrogens with one attached hydrogen (secondary N) is 1. The molecule has 1 aromatic carbocycles. The van der Waals surface area contributed by atoms with Crippen molar-refractivity contribution in [1.82, 2.24) is 5.32 Å². The van der Waals surface area contributed by atoms with Gasteiger partial charge in [-0.1, -0.05) is 32.9 Å². The van der Waals surface area contributed by atoms with Crippen molar-refractivity contribution in [2.45, 2.75) is 64.8 Å². The minimum absolute atomic E-state index is 0.153. The highest BCUT2D eigenvalue weighted by Gasteiger charge is 2.46. The normalized spacial score (nSPS) is 24.0. The number of methoxy groups -OCH3 is 2.